The molecule has 1 aliphatic carbocycles. The van der Waals surface area contributed by atoms with Crippen molar-refractivity contribution in [1.29, 1.82) is 0 Å². The molecule has 0 fully saturated rings. The van der Waals surface area contributed by atoms with Gasteiger partial charge in [-0.1, -0.05) is 289 Å². The first-order chi connectivity index (χ1) is 47.5. The van der Waals surface area contributed by atoms with E-state index in [2.05, 4.69) is 353 Å². The summed E-state index contributed by atoms with van der Waals surface area (Å²) in [6.45, 7) is 11.6. The van der Waals surface area contributed by atoms with Crippen LogP contribution in [0.4, 0.5) is 0 Å². The molecule has 20 rings (SSSR count). The summed E-state index contributed by atoms with van der Waals surface area (Å²) in [7, 11) is 0. The minimum atomic E-state index is -0.0376. The summed E-state index contributed by atoms with van der Waals surface area (Å²) < 4.78 is 10.4. The van der Waals surface area contributed by atoms with Crippen LogP contribution in [0.1, 0.15) is 51.3 Å². The molecule has 0 amide bonds. The smallest absolute Gasteiger partial charge is 0.0626 e. The molecule has 0 N–H and O–H groups in total. The number of nitrogens with zero attached hydrogens (tertiary/aromatic N) is 2. The quantitative estimate of drug-likeness (QED) is 0.157. The highest BCUT2D eigenvalue weighted by molar-refractivity contribution is 7.27. The molecule has 0 saturated heterocycles. The van der Waals surface area contributed by atoms with Crippen LogP contribution < -0.4 is 0 Å². The molecular weight excluding hydrogens is 1210 g/mol. The molecule has 15 aromatic carbocycles. The molecule has 97 heavy (non-hydrogen) atoms. The van der Waals surface area contributed by atoms with Crippen LogP contribution in [0.15, 0.2) is 309 Å². The summed E-state index contributed by atoms with van der Waals surface area (Å²) >= 11 is 3.87. The van der Waals surface area contributed by atoms with Crippen LogP contribution in [-0.4, -0.2) is 9.13 Å². The Morgan fingerprint density at radius 2 is 0.711 bits per heavy atom. The van der Waals surface area contributed by atoms with Crippen LogP contribution in [0.5, 0.6) is 0 Å². The Hall–Kier alpha value is -11.1. The number of aromatic nitrogens is 2. The molecular formula is C93H66N2S2. The summed E-state index contributed by atoms with van der Waals surface area (Å²) in [6, 6.07) is 115. The lowest BCUT2D eigenvalue weighted by atomic mass is 9.81. The lowest BCUT2D eigenvalue weighted by Gasteiger charge is -2.22. The van der Waals surface area contributed by atoms with E-state index in [4.69, 9.17) is 0 Å². The first-order valence-corrected chi connectivity index (χ1v) is 35.4. The molecule has 19 aromatic rings. The summed E-state index contributed by atoms with van der Waals surface area (Å²) in [4.78, 5) is 0. The molecule has 4 heterocycles. The fraction of sp³-hybridized carbons (Fsp3) is 0.0753. The number of hydrogen-bond donors (Lipinski definition) is 0. The molecule has 1 aliphatic rings. The standard InChI is InChI=1S/C49H33NS.C44H33NS/c1-49(2)41-20-12-11-17-35(41)36-24-21-32(28-42(36)49)31-23-26-44-40(27-31)46-45-39-25-22-33(30-13-5-3-6-14-30)29-43(39)50(34-15-7-4-8-16-34)47(45)37-18-9-10-19-38(37)48(46)51-44;1-44(2,3)31-24-21-29(22-25-31)33-19-12-20-37-40-39-36-26-23-30(28-13-6-4-7-14-28)27-38(36)45(32-15-8-5-9-16-32)41(39)34-17-10-11-18-35(34)43(40)46-42(33)37/h3-29H,1-2H3;4-27H,1-3H3. The summed E-state index contributed by atoms with van der Waals surface area (Å²) in [5, 5.41) is 15.8. The molecule has 0 spiro atoms. The van der Waals surface area contributed by atoms with Crippen molar-refractivity contribution in [2.24, 2.45) is 0 Å². The van der Waals surface area contributed by atoms with Gasteiger partial charge >= 0.3 is 0 Å². The van der Waals surface area contributed by atoms with Crippen molar-refractivity contribution in [2.45, 2.75) is 45.4 Å². The fourth-order valence-corrected chi connectivity index (χ4v) is 18.8. The van der Waals surface area contributed by atoms with Gasteiger partial charge in [0.1, 0.15) is 0 Å². The average molecular weight is 1280 g/mol. The highest BCUT2D eigenvalue weighted by Gasteiger charge is 2.35. The number of benzene rings is 15. The van der Waals surface area contributed by atoms with Crippen LogP contribution in [-0.2, 0) is 10.8 Å². The lowest BCUT2D eigenvalue weighted by molar-refractivity contribution is 0.590. The summed E-state index contributed by atoms with van der Waals surface area (Å²) in [5.41, 5.74) is 24.3. The second-order valence-electron chi connectivity index (χ2n) is 27.8. The number of thiophene rings is 2. The predicted octanol–water partition coefficient (Wildman–Crippen LogP) is 26.9. The Balaban J connectivity index is 0.000000137. The third kappa shape index (κ3) is 8.90. The maximum absolute atomic E-state index is 2.51. The number of para-hydroxylation sites is 2. The largest absolute Gasteiger partial charge is 0.309 e. The van der Waals surface area contributed by atoms with E-state index < -0.39 is 0 Å². The minimum absolute atomic E-state index is 0.0376. The molecule has 0 saturated carbocycles. The Bertz CT molecular complexity index is 6400. The molecule has 2 nitrogen and oxygen atoms in total. The van der Waals surface area contributed by atoms with Crippen molar-refractivity contribution in [3.63, 3.8) is 0 Å². The fourth-order valence-electron chi connectivity index (χ4n) is 16.2. The third-order valence-electron chi connectivity index (χ3n) is 20.9. The number of rotatable bonds is 6. The van der Waals surface area contributed by atoms with Gasteiger partial charge in [0.15, 0.2) is 0 Å². The van der Waals surface area contributed by atoms with Gasteiger partial charge in [-0.05, 0) is 132 Å². The van der Waals surface area contributed by atoms with E-state index in [9.17, 15) is 0 Å². The molecule has 0 unspecified atom stereocenters. The van der Waals surface area contributed by atoms with E-state index in [1.807, 2.05) is 22.7 Å². The Kier molecular flexibility index (Phi) is 13.0. The first-order valence-electron chi connectivity index (χ1n) is 33.8. The van der Waals surface area contributed by atoms with Gasteiger partial charge in [-0.25, -0.2) is 0 Å². The van der Waals surface area contributed by atoms with Crippen LogP contribution >= 0.6 is 22.7 Å². The monoisotopic (exact) mass is 1270 g/mol. The Morgan fingerprint density at radius 3 is 1.29 bits per heavy atom. The van der Waals surface area contributed by atoms with Crippen molar-refractivity contribution < 1.29 is 0 Å². The molecule has 4 heteroatoms. The van der Waals surface area contributed by atoms with Gasteiger partial charge in [-0.2, -0.15) is 0 Å². The first kappa shape index (κ1) is 57.3. The minimum Gasteiger partial charge on any atom is -0.309 e. The predicted molar refractivity (Wildman–Crippen MR) is 420 cm³/mol. The summed E-state index contributed by atoms with van der Waals surface area (Å²) in [6.07, 6.45) is 0. The van der Waals surface area contributed by atoms with E-state index in [1.54, 1.807) is 0 Å². The second-order valence-corrected chi connectivity index (χ2v) is 29.9. The van der Waals surface area contributed by atoms with Crippen molar-refractivity contribution in [3.05, 3.63) is 326 Å². The zero-order chi connectivity index (χ0) is 64.8. The third-order valence-corrected chi connectivity index (χ3v) is 23.4. The van der Waals surface area contributed by atoms with Gasteiger partial charge in [0.05, 0.1) is 22.1 Å². The maximum atomic E-state index is 2.51. The molecule has 0 radical (unpaired) electrons. The van der Waals surface area contributed by atoms with E-state index >= 15 is 0 Å². The molecule has 0 atom stereocenters. The molecule has 0 aliphatic heterocycles. The molecule has 4 aromatic heterocycles. The highest BCUT2D eigenvalue weighted by Crippen LogP contribution is 2.54. The van der Waals surface area contributed by atoms with Crippen LogP contribution in [0.2, 0.25) is 0 Å². The normalized spacial score (nSPS) is 12.9. The highest BCUT2D eigenvalue weighted by atomic mass is 32.1. The van der Waals surface area contributed by atoms with E-state index in [-0.39, 0.29) is 10.8 Å². The van der Waals surface area contributed by atoms with Gasteiger partial charge in [0.25, 0.3) is 0 Å². The van der Waals surface area contributed by atoms with Gasteiger partial charge in [0, 0.05) is 100 Å². The van der Waals surface area contributed by atoms with E-state index in [0.717, 1.165) is 0 Å². The van der Waals surface area contributed by atoms with Gasteiger partial charge in [-0.15, -0.1) is 22.7 Å². The van der Waals surface area contributed by atoms with E-state index in [1.165, 1.54) is 189 Å². The van der Waals surface area contributed by atoms with Crippen LogP contribution in [0, 0.1) is 0 Å². The van der Waals surface area contributed by atoms with Crippen LogP contribution in [0.25, 0.3) is 173 Å². The topological polar surface area (TPSA) is 9.86 Å². The average Bonchev–Trinajstić information content (AvgIpc) is 1.55. The maximum Gasteiger partial charge on any atom is 0.0626 e. The van der Waals surface area contributed by atoms with Crippen LogP contribution in [0.3, 0.4) is 0 Å². The van der Waals surface area contributed by atoms with Crippen molar-refractivity contribution >= 4 is 128 Å². The van der Waals surface area contributed by atoms with Gasteiger partial charge in [-0.3, -0.25) is 0 Å². The van der Waals surface area contributed by atoms with Gasteiger partial charge < -0.3 is 9.13 Å². The zero-order valence-corrected chi connectivity index (χ0v) is 56.3. The number of hydrogen-bond acceptors (Lipinski definition) is 2. The Morgan fingerprint density at radius 1 is 0.278 bits per heavy atom. The summed E-state index contributed by atoms with van der Waals surface area (Å²) in [5.74, 6) is 0. The Labute approximate surface area is 571 Å². The molecule has 460 valence electrons. The zero-order valence-electron chi connectivity index (χ0n) is 54.7. The van der Waals surface area contributed by atoms with E-state index in [0.29, 0.717) is 0 Å². The van der Waals surface area contributed by atoms with Gasteiger partial charge in [0.2, 0.25) is 0 Å². The van der Waals surface area contributed by atoms with Crippen molar-refractivity contribution in [3.8, 4) is 67.0 Å². The van der Waals surface area contributed by atoms with Crippen molar-refractivity contribution in [2.75, 3.05) is 0 Å². The SMILES string of the molecule is CC(C)(C)c1ccc(-c2cccc3c2sc2c4ccccc4c4c(c5ccc(-c6ccccc6)cc5n4-c4ccccc4)c32)cc1.CC1(C)c2ccccc2-c2ccc(-c3ccc4sc5c6ccccc6c6c(c7ccc(-c8ccccc8)cc7n6-c6ccccc6)c5c4c3)cc21. The second kappa shape index (κ2) is 22.0. The molecule has 0 bridgehead atoms. The number of fused-ring (bicyclic) bond motifs is 23. The lowest BCUT2D eigenvalue weighted by Crippen LogP contribution is -2.14. The van der Waals surface area contributed by atoms with Crippen molar-refractivity contribution in [1.82, 2.24) is 9.13 Å².